The number of unbranched alkanes of at least 4 members (excludes halogenated alkanes) is 1. The van der Waals surface area contributed by atoms with Crippen LogP contribution in [0.1, 0.15) is 79.5 Å². The lowest BCUT2D eigenvalue weighted by molar-refractivity contribution is -0.516. The Morgan fingerprint density at radius 1 is 1.12 bits per heavy atom. The van der Waals surface area contributed by atoms with E-state index >= 15 is 0 Å². The Bertz CT molecular complexity index is 1030. The van der Waals surface area contributed by atoms with Gasteiger partial charge >= 0.3 is 0 Å². The Kier molecular flexibility index (Phi) is 7.60. The summed E-state index contributed by atoms with van der Waals surface area (Å²) in [5, 5.41) is 3.44. The predicted octanol–water partition coefficient (Wildman–Crippen LogP) is 5.25. The number of ether oxygens (including phenoxy) is 2. The largest absolute Gasteiger partial charge is 0.378 e. The first-order chi connectivity index (χ1) is 16.7. The molecule has 2 atom stereocenters. The molecular weight excluding hydrogens is 422 g/mol. The quantitative estimate of drug-likeness (QED) is 0.430. The lowest BCUT2D eigenvalue weighted by Crippen LogP contribution is -2.21. The van der Waals surface area contributed by atoms with Crippen molar-refractivity contribution in [2.45, 2.75) is 83.5 Å². The number of hydrogen-bond donors (Lipinski definition) is 1. The highest BCUT2D eigenvalue weighted by Gasteiger charge is 2.28. The van der Waals surface area contributed by atoms with Gasteiger partial charge in [-0.3, -0.25) is 0 Å². The zero-order valence-corrected chi connectivity index (χ0v) is 20.9. The lowest BCUT2D eigenvalue weighted by atomic mass is 9.93. The molecule has 2 aliphatic heterocycles. The number of fused-ring (bicyclic) bond motifs is 2. The number of benzene rings is 1. The van der Waals surface area contributed by atoms with Gasteiger partial charge in [-0.25, -0.2) is 9.56 Å². The Morgan fingerprint density at radius 3 is 3.00 bits per heavy atom. The highest BCUT2D eigenvalue weighted by molar-refractivity contribution is 5.82. The van der Waals surface area contributed by atoms with E-state index in [0.29, 0.717) is 6.10 Å². The second-order valence-electron chi connectivity index (χ2n) is 10.2. The molecule has 0 saturated heterocycles. The molecule has 5 heteroatoms. The number of rotatable bonds is 8. The Morgan fingerprint density at radius 2 is 2.06 bits per heavy atom. The van der Waals surface area contributed by atoms with E-state index in [0.717, 1.165) is 83.5 Å². The maximum Gasteiger partial charge on any atom is 0.168 e. The number of pyridine rings is 1. The lowest BCUT2D eigenvalue weighted by Gasteiger charge is -2.25. The molecule has 3 aliphatic rings. The normalized spacial score (nSPS) is 23.2. The summed E-state index contributed by atoms with van der Waals surface area (Å²) in [6, 6.07) is 11.2. The van der Waals surface area contributed by atoms with Crippen LogP contribution in [0.4, 0.5) is 5.82 Å². The molecule has 0 bridgehead atoms. The molecular formula is C29H40N3O2+. The van der Waals surface area contributed by atoms with E-state index in [9.17, 15) is 0 Å². The van der Waals surface area contributed by atoms with Crippen molar-refractivity contribution < 1.29 is 14.0 Å². The van der Waals surface area contributed by atoms with Crippen LogP contribution in [0.25, 0.3) is 0 Å². The van der Waals surface area contributed by atoms with Gasteiger partial charge in [0.1, 0.15) is 12.9 Å². The van der Waals surface area contributed by atoms with Gasteiger partial charge in [-0.05, 0) is 74.6 Å². The molecule has 0 radical (unpaired) electrons. The minimum absolute atomic E-state index is 0.200. The van der Waals surface area contributed by atoms with Crippen LogP contribution in [0.2, 0.25) is 0 Å². The smallest absolute Gasteiger partial charge is 0.168 e. The number of nitrogens with one attached hydrogen (secondary N) is 1. The van der Waals surface area contributed by atoms with Gasteiger partial charge < -0.3 is 14.8 Å². The summed E-state index contributed by atoms with van der Waals surface area (Å²) < 4.78 is 14.7. The molecule has 1 N–H and O–H groups in total. The van der Waals surface area contributed by atoms with Crippen LogP contribution in [-0.2, 0) is 35.3 Å². The molecule has 1 aromatic heterocycles. The van der Waals surface area contributed by atoms with E-state index < -0.39 is 0 Å². The monoisotopic (exact) mass is 462 g/mol. The van der Waals surface area contributed by atoms with Gasteiger partial charge in [0.05, 0.1) is 25.2 Å². The Balaban J connectivity index is 1.07. The molecule has 2 aromatic rings. The van der Waals surface area contributed by atoms with E-state index in [-0.39, 0.29) is 6.10 Å². The fourth-order valence-electron chi connectivity index (χ4n) is 5.79. The SMILES string of the molecule is C[C@@H]1OCCc2cccc(C[N+](C)=C3CC[C@H](OCCCCc4ccc5c(n4)NCCC5)C3)c21. The van der Waals surface area contributed by atoms with Crippen molar-refractivity contribution in [3.8, 4) is 0 Å². The molecule has 0 amide bonds. The van der Waals surface area contributed by atoms with Crippen LogP contribution in [0.5, 0.6) is 0 Å². The highest BCUT2D eigenvalue weighted by Crippen LogP contribution is 2.30. The summed E-state index contributed by atoms with van der Waals surface area (Å²) in [7, 11) is 2.24. The summed E-state index contributed by atoms with van der Waals surface area (Å²) in [4.78, 5) is 4.81. The summed E-state index contributed by atoms with van der Waals surface area (Å²) in [6.07, 6.45) is 10.6. The standard InChI is InChI=1S/C29H40N3O2/c1-21-28-22(15-18-33-21)7-5-8-24(28)20-32(2)26-13-14-27(19-26)34-17-4-3-10-25-12-11-23-9-6-16-30-29(23)31-25/h5,7-8,11-12,21,27H,3-4,6,9-10,13-20H2,1-2H3,(H,30,31)/q+1/t21-,27-/m0/s1. The number of aryl methyl sites for hydroxylation is 2. The first kappa shape index (κ1) is 23.5. The van der Waals surface area contributed by atoms with Crippen LogP contribution in [-0.4, -0.2) is 48.2 Å². The summed E-state index contributed by atoms with van der Waals surface area (Å²) in [5.74, 6) is 1.11. The average molecular weight is 463 g/mol. The van der Waals surface area contributed by atoms with Crippen molar-refractivity contribution in [1.82, 2.24) is 4.98 Å². The summed E-state index contributed by atoms with van der Waals surface area (Å²) in [6.45, 7) is 5.89. The second kappa shape index (κ2) is 11.0. The molecule has 3 heterocycles. The molecule has 0 unspecified atom stereocenters. The average Bonchev–Trinajstić information content (AvgIpc) is 3.33. The van der Waals surface area contributed by atoms with Crippen molar-refractivity contribution in [1.29, 1.82) is 0 Å². The fourth-order valence-corrected chi connectivity index (χ4v) is 5.79. The van der Waals surface area contributed by atoms with Crippen molar-refractivity contribution >= 4 is 11.5 Å². The van der Waals surface area contributed by atoms with Crippen molar-refractivity contribution in [2.24, 2.45) is 0 Å². The molecule has 1 aliphatic carbocycles. The third-order valence-corrected chi connectivity index (χ3v) is 7.73. The number of aromatic nitrogens is 1. The van der Waals surface area contributed by atoms with E-state index in [1.165, 1.54) is 40.1 Å². The zero-order valence-electron chi connectivity index (χ0n) is 20.9. The van der Waals surface area contributed by atoms with E-state index in [1.54, 1.807) is 0 Å². The first-order valence-electron chi connectivity index (χ1n) is 13.3. The minimum atomic E-state index is 0.200. The zero-order chi connectivity index (χ0) is 23.3. The van der Waals surface area contributed by atoms with Gasteiger partial charge in [-0.2, -0.15) is 0 Å². The van der Waals surface area contributed by atoms with Gasteiger partial charge in [-0.1, -0.05) is 24.3 Å². The van der Waals surface area contributed by atoms with Gasteiger partial charge in [0.2, 0.25) is 0 Å². The van der Waals surface area contributed by atoms with Gasteiger partial charge in [0.25, 0.3) is 0 Å². The van der Waals surface area contributed by atoms with Crippen LogP contribution in [0.3, 0.4) is 0 Å². The fraction of sp³-hybridized carbons (Fsp3) is 0.586. The molecule has 5 rings (SSSR count). The maximum atomic E-state index is 6.27. The Labute approximate surface area is 204 Å². The molecule has 1 saturated carbocycles. The van der Waals surface area contributed by atoms with Crippen molar-refractivity contribution in [2.75, 3.05) is 32.1 Å². The highest BCUT2D eigenvalue weighted by atomic mass is 16.5. The van der Waals surface area contributed by atoms with Gasteiger partial charge in [0, 0.05) is 30.8 Å². The summed E-state index contributed by atoms with van der Waals surface area (Å²) in [5.41, 5.74) is 8.38. The third-order valence-electron chi connectivity index (χ3n) is 7.73. The maximum absolute atomic E-state index is 6.27. The molecule has 0 spiro atoms. The second-order valence-corrected chi connectivity index (χ2v) is 10.2. The van der Waals surface area contributed by atoms with Crippen LogP contribution >= 0.6 is 0 Å². The molecule has 5 nitrogen and oxygen atoms in total. The molecule has 1 fully saturated rings. The molecule has 182 valence electrons. The topological polar surface area (TPSA) is 46.4 Å². The molecule has 34 heavy (non-hydrogen) atoms. The van der Waals surface area contributed by atoms with Crippen LogP contribution < -0.4 is 5.32 Å². The number of nitrogens with zero attached hydrogens (tertiary/aromatic N) is 2. The van der Waals surface area contributed by atoms with Gasteiger partial charge in [-0.15, -0.1) is 0 Å². The van der Waals surface area contributed by atoms with Gasteiger partial charge in [0.15, 0.2) is 12.3 Å². The number of anilines is 1. The van der Waals surface area contributed by atoms with E-state index in [2.05, 4.69) is 54.2 Å². The molecule has 1 aromatic carbocycles. The Hall–Kier alpha value is -2.24. The summed E-state index contributed by atoms with van der Waals surface area (Å²) >= 11 is 0. The first-order valence-corrected chi connectivity index (χ1v) is 13.3. The van der Waals surface area contributed by atoms with E-state index in [1.807, 2.05) is 0 Å². The minimum Gasteiger partial charge on any atom is -0.378 e. The van der Waals surface area contributed by atoms with Crippen molar-refractivity contribution in [3.05, 3.63) is 58.3 Å². The third kappa shape index (κ3) is 5.52. The van der Waals surface area contributed by atoms with E-state index in [4.69, 9.17) is 14.5 Å². The van der Waals surface area contributed by atoms with Crippen molar-refractivity contribution in [3.63, 3.8) is 0 Å². The van der Waals surface area contributed by atoms with Crippen LogP contribution in [0, 0.1) is 0 Å². The van der Waals surface area contributed by atoms with Crippen LogP contribution in [0.15, 0.2) is 30.3 Å². The number of hydrogen-bond acceptors (Lipinski definition) is 4. The predicted molar refractivity (Wildman–Crippen MR) is 137 cm³/mol.